The number of morpholine rings is 1. The average molecular weight is 357 g/mol. The number of carbonyl (C=O) groups excluding carboxylic acids is 2. The SMILES string of the molecule is O=C(C[C@@H]([NH2+]CC[NH+]1CCOCC1)C(=O)[O-])Nc1ccc(Cl)cc1. The first-order valence-electron chi connectivity index (χ1n) is 8.05. The Labute approximate surface area is 145 Å². The van der Waals surface area contributed by atoms with Gasteiger partial charge in [-0.2, -0.15) is 0 Å². The van der Waals surface area contributed by atoms with Crippen LogP contribution < -0.4 is 20.6 Å². The van der Waals surface area contributed by atoms with Crippen LogP contribution in [0.4, 0.5) is 5.69 Å². The summed E-state index contributed by atoms with van der Waals surface area (Å²) in [5.74, 6) is -1.58. The number of hydrogen-bond acceptors (Lipinski definition) is 4. The number of nitrogens with two attached hydrogens (primary N) is 1. The first-order valence-corrected chi connectivity index (χ1v) is 8.43. The lowest BCUT2D eigenvalue weighted by Gasteiger charge is -2.24. The fourth-order valence-electron chi connectivity index (χ4n) is 2.61. The van der Waals surface area contributed by atoms with Crippen LogP contribution in [0.15, 0.2) is 24.3 Å². The zero-order valence-electron chi connectivity index (χ0n) is 13.4. The number of amides is 1. The van der Waals surface area contributed by atoms with Crippen molar-refractivity contribution in [1.82, 2.24) is 0 Å². The second-order valence-corrected chi connectivity index (χ2v) is 6.26. The van der Waals surface area contributed by atoms with Gasteiger partial charge in [0, 0.05) is 10.7 Å². The van der Waals surface area contributed by atoms with Crippen molar-refractivity contribution in [3.8, 4) is 0 Å². The summed E-state index contributed by atoms with van der Waals surface area (Å²) in [5.41, 5.74) is 0.583. The highest BCUT2D eigenvalue weighted by atomic mass is 35.5. The van der Waals surface area contributed by atoms with E-state index in [0.717, 1.165) is 32.8 Å². The predicted molar refractivity (Wildman–Crippen MR) is 86.7 cm³/mol. The molecule has 1 aliphatic rings. The molecule has 1 saturated heterocycles. The maximum absolute atomic E-state index is 12.0. The summed E-state index contributed by atoms with van der Waals surface area (Å²) in [6, 6.07) is 5.76. The zero-order chi connectivity index (χ0) is 17.4. The van der Waals surface area contributed by atoms with Crippen molar-refractivity contribution >= 4 is 29.2 Å². The molecule has 1 aromatic carbocycles. The van der Waals surface area contributed by atoms with Crippen LogP contribution in [0.5, 0.6) is 0 Å². The molecule has 1 heterocycles. The highest BCUT2D eigenvalue weighted by Crippen LogP contribution is 2.13. The van der Waals surface area contributed by atoms with Gasteiger partial charge in [0.25, 0.3) is 0 Å². The Morgan fingerprint density at radius 1 is 1.29 bits per heavy atom. The molecule has 0 aliphatic carbocycles. The number of nitrogens with one attached hydrogen (secondary N) is 2. The Morgan fingerprint density at radius 2 is 1.96 bits per heavy atom. The number of carboxylic acids is 1. The summed E-state index contributed by atoms with van der Waals surface area (Å²) in [4.78, 5) is 24.6. The minimum Gasteiger partial charge on any atom is -0.544 e. The lowest BCUT2D eigenvalue weighted by atomic mass is 10.2. The molecule has 0 aromatic heterocycles. The quantitative estimate of drug-likeness (QED) is 0.471. The maximum atomic E-state index is 12.0. The number of halogens is 1. The number of anilines is 1. The van der Waals surface area contributed by atoms with E-state index in [1.54, 1.807) is 29.6 Å². The van der Waals surface area contributed by atoms with Crippen LogP contribution in [0.3, 0.4) is 0 Å². The van der Waals surface area contributed by atoms with E-state index in [4.69, 9.17) is 16.3 Å². The molecule has 1 aromatic rings. The molecule has 0 bridgehead atoms. The first kappa shape index (κ1) is 18.7. The van der Waals surface area contributed by atoms with Gasteiger partial charge in [-0.15, -0.1) is 0 Å². The van der Waals surface area contributed by atoms with Crippen molar-refractivity contribution in [2.75, 3.05) is 44.7 Å². The molecule has 1 aliphatic heterocycles. The molecule has 7 nitrogen and oxygen atoms in total. The lowest BCUT2D eigenvalue weighted by Crippen LogP contribution is -3.17. The van der Waals surface area contributed by atoms with Gasteiger partial charge in [-0.25, -0.2) is 0 Å². The number of carboxylic acid groups (broad SMARTS) is 1. The molecule has 132 valence electrons. The molecule has 8 heteroatoms. The molecule has 1 amide bonds. The topological polar surface area (TPSA) is 99.5 Å². The zero-order valence-corrected chi connectivity index (χ0v) is 14.2. The Bertz CT molecular complexity index is 547. The van der Waals surface area contributed by atoms with Gasteiger partial charge in [0.15, 0.2) is 0 Å². The summed E-state index contributed by atoms with van der Waals surface area (Å²) in [5, 5.41) is 16.1. The fraction of sp³-hybridized carbons (Fsp3) is 0.500. The minimum absolute atomic E-state index is 0.136. The van der Waals surface area contributed by atoms with Crippen molar-refractivity contribution in [3.63, 3.8) is 0 Å². The van der Waals surface area contributed by atoms with Crippen LogP contribution in [-0.4, -0.2) is 57.3 Å². The van der Waals surface area contributed by atoms with E-state index in [-0.39, 0.29) is 12.3 Å². The second kappa shape index (κ2) is 9.58. The van der Waals surface area contributed by atoms with E-state index in [1.807, 2.05) is 0 Å². The summed E-state index contributed by atoms with van der Waals surface area (Å²) in [7, 11) is 0. The molecule has 2 rings (SSSR count). The van der Waals surface area contributed by atoms with Gasteiger partial charge in [-0.1, -0.05) is 11.6 Å². The van der Waals surface area contributed by atoms with E-state index in [9.17, 15) is 14.7 Å². The molecule has 0 radical (unpaired) electrons. The van der Waals surface area contributed by atoms with Gasteiger partial charge >= 0.3 is 0 Å². The van der Waals surface area contributed by atoms with Crippen LogP contribution >= 0.6 is 11.6 Å². The van der Waals surface area contributed by atoms with Crippen molar-refractivity contribution in [1.29, 1.82) is 0 Å². The second-order valence-electron chi connectivity index (χ2n) is 5.82. The van der Waals surface area contributed by atoms with Gasteiger partial charge in [0.2, 0.25) is 5.91 Å². The van der Waals surface area contributed by atoms with Gasteiger partial charge in [-0.3, -0.25) is 4.79 Å². The third-order valence-electron chi connectivity index (χ3n) is 3.99. The van der Waals surface area contributed by atoms with Crippen molar-refractivity contribution in [3.05, 3.63) is 29.3 Å². The monoisotopic (exact) mass is 356 g/mol. The largest absolute Gasteiger partial charge is 0.544 e. The molecule has 24 heavy (non-hydrogen) atoms. The van der Waals surface area contributed by atoms with Crippen molar-refractivity contribution in [2.24, 2.45) is 0 Å². The normalized spacial score (nSPS) is 16.5. The fourth-order valence-corrected chi connectivity index (χ4v) is 2.73. The van der Waals surface area contributed by atoms with Crippen molar-refractivity contribution in [2.45, 2.75) is 12.5 Å². The lowest BCUT2D eigenvalue weighted by molar-refractivity contribution is -0.920. The number of quaternary nitrogens is 2. The smallest absolute Gasteiger partial charge is 0.230 e. The van der Waals surface area contributed by atoms with Gasteiger partial charge < -0.3 is 30.2 Å². The summed E-state index contributed by atoms with van der Waals surface area (Å²) < 4.78 is 5.29. The van der Waals surface area contributed by atoms with Gasteiger partial charge in [0.1, 0.15) is 32.2 Å². The van der Waals surface area contributed by atoms with Gasteiger partial charge in [0.05, 0.1) is 25.6 Å². The third-order valence-corrected chi connectivity index (χ3v) is 4.24. The molecule has 0 spiro atoms. The van der Waals surface area contributed by atoms with E-state index < -0.39 is 12.0 Å². The number of benzene rings is 1. The Kier molecular flexibility index (Phi) is 7.45. The number of ether oxygens (including phenoxy) is 1. The van der Waals surface area contributed by atoms with Gasteiger partial charge in [-0.05, 0) is 24.3 Å². The summed E-state index contributed by atoms with van der Waals surface area (Å²) in [6.45, 7) is 4.81. The maximum Gasteiger partial charge on any atom is 0.230 e. The van der Waals surface area contributed by atoms with E-state index >= 15 is 0 Å². The molecule has 1 atom stereocenters. The predicted octanol–water partition coefficient (Wildman–Crippen LogP) is -2.73. The third kappa shape index (κ3) is 6.45. The number of carbonyl (C=O) groups is 2. The van der Waals surface area contributed by atoms with Crippen LogP contribution in [0.2, 0.25) is 5.02 Å². The highest BCUT2D eigenvalue weighted by molar-refractivity contribution is 6.30. The van der Waals surface area contributed by atoms with E-state index in [2.05, 4.69) is 5.32 Å². The van der Waals surface area contributed by atoms with Crippen LogP contribution in [0.1, 0.15) is 6.42 Å². The van der Waals surface area contributed by atoms with Crippen LogP contribution in [0, 0.1) is 0 Å². The molecule has 0 unspecified atom stereocenters. The van der Waals surface area contributed by atoms with Crippen molar-refractivity contribution < 1.29 is 29.6 Å². The molecular weight excluding hydrogens is 334 g/mol. The van der Waals surface area contributed by atoms with Crippen LogP contribution in [-0.2, 0) is 14.3 Å². The molecule has 1 fully saturated rings. The minimum atomic E-state index is -1.22. The van der Waals surface area contributed by atoms with E-state index in [0.29, 0.717) is 17.3 Å². The number of hydrogen-bond donors (Lipinski definition) is 3. The molecular formula is C16H23ClN3O4+. The number of aliphatic carboxylic acids is 1. The Balaban J connectivity index is 1.76. The Morgan fingerprint density at radius 3 is 2.58 bits per heavy atom. The average Bonchev–Trinajstić information content (AvgIpc) is 2.57. The number of rotatable bonds is 8. The van der Waals surface area contributed by atoms with Crippen LogP contribution in [0.25, 0.3) is 0 Å². The highest BCUT2D eigenvalue weighted by Gasteiger charge is 2.20. The molecule has 4 N–H and O–H groups in total. The molecule has 0 saturated carbocycles. The Hall–Kier alpha value is -1.67. The summed E-state index contributed by atoms with van der Waals surface area (Å²) in [6.07, 6.45) is -0.136. The standard InChI is InChI=1S/C16H22ClN3O4/c17-12-1-3-13(4-2-12)19-15(21)11-14(16(22)23)18-5-6-20-7-9-24-10-8-20/h1-4,14,18H,5-11H2,(H,19,21)(H,22,23)/p+1/t14-/m1/s1. The summed E-state index contributed by atoms with van der Waals surface area (Å²) >= 11 is 5.78. The first-order chi connectivity index (χ1) is 11.5. The van der Waals surface area contributed by atoms with E-state index in [1.165, 1.54) is 4.90 Å².